The Balaban J connectivity index is 1.48. The Morgan fingerprint density at radius 3 is 2.58 bits per heavy atom. The first-order valence-electron chi connectivity index (χ1n) is 7.93. The minimum Gasteiger partial charge on any atom is -0.487 e. The molecule has 1 aliphatic heterocycles. The molecule has 0 radical (unpaired) electrons. The van der Waals surface area contributed by atoms with Crippen molar-refractivity contribution in [2.24, 2.45) is 11.7 Å². The lowest BCUT2D eigenvalue weighted by Crippen LogP contribution is -2.58. The molecule has 1 aromatic heterocycles. The first-order chi connectivity index (χ1) is 11.3. The lowest BCUT2D eigenvalue weighted by atomic mass is 9.85. The van der Waals surface area contributed by atoms with Gasteiger partial charge in [-0.15, -0.1) is 0 Å². The van der Waals surface area contributed by atoms with Gasteiger partial charge in [-0.2, -0.15) is 0 Å². The average Bonchev–Trinajstić information content (AvgIpc) is 2.50. The fourth-order valence-corrected chi connectivity index (χ4v) is 3.05. The number of aromatic nitrogens is 1. The van der Waals surface area contributed by atoms with E-state index in [9.17, 15) is 18.4 Å². The number of carbonyl (C=O) groups excluding carboxylic acids is 2. The predicted octanol–water partition coefficient (Wildman–Crippen LogP) is 1.60. The Bertz CT molecular complexity index is 637. The van der Waals surface area contributed by atoms with E-state index in [0.29, 0.717) is 18.8 Å². The zero-order valence-corrected chi connectivity index (χ0v) is 13.1. The van der Waals surface area contributed by atoms with Crippen molar-refractivity contribution >= 4 is 11.8 Å². The molecule has 130 valence electrons. The summed E-state index contributed by atoms with van der Waals surface area (Å²) >= 11 is 0. The molecule has 0 atom stereocenters. The summed E-state index contributed by atoms with van der Waals surface area (Å²) in [7, 11) is 0. The average molecular weight is 339 g/mol. The number of nitrogens with zero attached hydrogens (tertiary/aromatic N) is 2. The van der Waals surface area contributed by atoms with Gasteiger partial charge in [0, 0.05) is 31.0 Å². The van der Waals surface area contributed by atoms with Crippen molar-refractivity contribution in [3.05, 3.63) is 24.0 Å². The quantitative estimate of drug-likeness (QED) is 0.903. The molecule has 6 nitrogen and oxygen atoms in total. The van der Waals surface area contributed by atoms with Crippen molar-refractivity contribution in [1.29, 1.82) is 0 Å². The monoisotopic (exact) mass is 339 g/mol. The van der Waals surface area contributed by atoms with Crippen molar-refractivity contribution in [3.8, 4) is 5.75 Å². The third kappa shape index (κ3) is 3.63. The number of hydrogen-bond donors (Lipinski definition) is 1. The van der Waals surface area contributed by atoms with Crippen LogP contribution < -0.4 is 10.5 Å². The Labute approximate surface area is 138 Å². The summed E-state index contributed by atoms with van der Waals surface area (Å²) in [5, 5.41) is 0. The molecule has 1 saturated carbocycles. The van der Waals surface area contributed by atoms with Gasteiger partial charge in [0.1, 0.15) is 17.5 Å². The molecule has 2 heterocycles. The Hall–Kier alpha value is -2.25. The van der Waals surface area contributed by atoms with E-state index in [1.54, 1.807) is 11.0 Å². The molecule has 2 fully saturated rings. The van der Waals surface area contributed by atoms with Gasteiger partial charge in [0.2, 0.25) is 11.8 Å². The lowest BCUT2D eigenvalue weighted by Gasteiger charge is -2.41. The van der Waals surface area contributed by atoms with Crippen molar-refractivity contribution < 1.29 is 23.1 Å². The van der Waals surface area contributed by atoms with E-state index in [1.807, 2.05) is 0 Å². The summed E-state index contributed by atoms with van der Waals surface area (Å²) in [6.45, 7) is 0.833. The number of halogens is 2. The zero-order valence-electron chi connectivity index (χ0n) is 13.1. The third-order valence-corrected chi connectivity index (χ3v) is 4.51. The molecule has 0 bridgehead atoms. The van der Waals surface area contributed by atoms with Crippen molar-refractivity contribution in [3.63, 3.8) is 0 Å². The van der Waals surface area contributed by atoms with Gasteiger partial charge < -0.3 is 15.4 Å². The molecular formula is C16H19F2N3O3. The van der Waals surface area contributed by atoms with Crippen molar-refractivity contribution in [1.82, 2.24) is 9.88 Å². The second-order valence-electron chi connectivity index (χ2n) is 6.35. The number of likely N-dealkylation sites (tertiary alicyclic amines) is 1. The van der Waals surface area contributed by atoms with E-state index >= 15 is 0 Å². The lowest BCUT2D eigenvalue weighted by molar-refractivity contribution is -0.148. The Morgan fingerprint density at radius 1 is 1.29 bits per heavy atom. The van der Waals surface area contributed by atoms with Crippen LogP contribution >= 0.6 is 0 Å². The van der Waals surface area contributed by atoms with Crippen LogP contribution in [-0.2, 0) is 4.79 Å². The highest BCUT2D eigenvalue weighted by Crippen LogP contribution is 2.37. The van der Waals surface area contributed by atoms with Crippen molar-refractivity contribution in [2.45, 2.75) is 37.7 Å². The van der Waals surface area contributed by atoms with Crippen LogP contribution in [0.25, 0.3) is 0 Å². The van der Waals surface area contributed by atoms with Crippen LogP contribution in [0.2, 0.25) is 0 Å². The standard InChI is InChI=1S/C16H19F2N3O3/c17-16(18)4-1-10(2-5-16)15(23)21-8-12(9-21)24-11-3-6-20-13(7-11)14(19)22/h3,6-7,10,12H,1-2,4-5,8-9H2,(H2,19,22). The van der Waals surface area contributed by atoms with E-state index in [0.717, 1.165) is 0 Å². The van der Waals surface area contributed by atoms with Crippen LogP contribution in [-0.4, -0.2) is 46.8 Å². The molecule has 8 heteroatoms. The summed E-state index contributed by atoms with van der Waals surface area (Å²) in [5.74, 6) is -3.18. The van der Waals surface area contributed by atoms with E-state index in [-0.39, 0.29) is 49.3 Å². The topological polar surface area (TPSA) is 85.5 Å². The number of nitrogens with two attached hydrogens (primary N) is 1. The molecular weight excluding hydrogens is 320 g/mol. The minimum atomic E-state index is -2.63. The fraction of sp³-hybridized carbons (Fsp3) is 0.562. The van der Waals surface area contributed by atoms with Gasteiger partial charge in [0.15, 0.2) is 0 Å². The smallest absolute Gasteiger partial charge is 0.267 e. The minimum absolute atomic E-state index is 0.0714. The fourth-order valence-electron chi connectivity index (χ4n) is 3.05. The van der Waals surface area contributed by atoms with Crippen LogP contribution in [0.4, 0.5) is 8.78 Å². The largest absolute Gasteiger partial charge is 0.487 e. The molecule has 2 aliphatic rings. The van der Waals surface area contributed by atoms with E-state index in [2.05, 4.69) is 4.98 Å². The van der Waals surface area contributed by atoms with Crippen LogP contribution in [0.3, 0.4) is 0 Å². The molecule has 0 spiro atoms. The molecule has 2 N–H and O–H groups in total. The second-order valence-corrected chi connectivity index (χ2v) is 6.35. The van der Waals surface area contributed by atoms with Crippen LogP contribution in [0, 0.1) is 5.92 Å². The van der Waals surface area contributed by atoms with Crippen LogP contribution in [0.1, 0.15) is 36.2 Å². The molecule has 1 saturated heterocycles. The summed E-state index contributed by atoms with van der Waals surface area (Å²) in [5.41, 5.74) is 5.27. The molecule has 0 unspecified atom stereocenters. The summed E-state index contributed by atoms with van der Waals surface area (Å²) in [4.78, 5) is 28.8. The third-order valence-electron chi connectivity index (χ3n) is 4.51. The highest BCUT2D eigenvalue weighted by molar-refractivity contribution is 5.91. The van der Waals surface area contributed by atoms with E-state index < -0.39 is 11.8 Å². The number of primary amides is 1. The van der Waals surface area contributed by atoms with Gasteiger partial charge in [-0.05, 0) is 18.9 Å². The van der Waals surface area contributed by atoms with Gasteiger partial charge in [-0.1, -0.05) is 0 Å². The molecule has 1 aromatic rings. The number of rotatable bonds is 4. The van der Waals surface area contributed by atoms with Crippen molar-refractivity contribution in [2.75, 3.05) is 13.1 Å². The summed E-state index contributed by atoms with van der Waals surface area (Å²) < 4.78 is 32.0. The summed E-state index contributed by atoms with van der Waals surface area (Å²) in [6, 6.07) is 3.07. The molecule has 24 heavy (non-hydrogen) atoms. The second kappa shape index (κ2) is 6.33. The molecule has 2 amide bonds. The number of hydrogen-bond acceptors (Lipinski definition) is 4. The number of ether oxygens (including phenoxy) is 1. The number of pyridine rings is 1. The van der Waals surface area contributed by atoms with E-state index in [1.165, 1.54) is 12.3 Å². The SMILES string of the molecule is NC(=O)c1cc(OC2CN(C(=O)C3CCC(F)(F)CC3)C2)ccn1. The summed E-state index contributed by atoms with van der Waals surface area (Å²) in [6.07, 6.45) is 1.29. The maximum absolute atomic E-state index is 13.1. The van der Waals surface area contributed by atoms with E-state index in [4.69, 9.17) is 10.5 Å². The molecule has 3 rings (SSSR count). The van der Waals surface area contributed by atoms with Gasteiger partial charge in [-0.3, -0.25) is 14.6 Å². The van der Waals surface area contributed by atoms with Crippen LogP contribution in [0.15, 0.2) is 18.3 Å². The zero-order chi connectivity index (χ0) is 17.3. The molecule has 1 aliphatic carbocycles. The number of amides is 2. The first kappa shape index (κ1) is 16.6. The highest BCUT2D eigenvalue weighted by atomic mass is 19.3. The van der Waals surface area contributed by atoms with Gasteiger partial charge in [-0.25, -0.2) is 8.78 Å². The Kier molecular flexibility index (Phi) is 4.38. The Morgan fingerprint density at radius 2 is 1.96 bits per heavy atom. The number of carbonyl (C=O) groups is 2. The maximum atomic E-state index is 13.1. The normalized spacial score (nSPS) is 21.2. The van der Waals surface area contributed by atoms with Gasteiger partial charge in [0.25, 0.3) is 5.91 Å². The van der Waals surface area contributed by atoms with Crippen LogP contribution in [0.5, 0.6) is 5.75 Å². The maximum Gasteiger partial charge on any atom is 0.267 e. The predicted molar refractivity (Wildman–Crippen MR) is 80.7 cm³/mol. The van der Waals surface area contributed by atoms with Gasteiger partial charge >= 0.3 is 0 Å². The highest BCUT2D eigenvalue weighted by Gasteiger charge is 2.41. The first-order valence-corrected chi connectivity index (χ1v) is 7.93. The number of alkyl halides is 2. The molecule has 0 aromatic carbocycles. The van der Waals surface area contributed by atoms with Gasteiger partial charge in [0.05, 0.1) is 13.1 Å².